The molecule has 0 radical (unpaired) electrons. The monoisotopic (exact) mass is 231 g/mol. The Morgan fingerprint density at radius 1 is 1.40 bits per heavy atom. The van der Waals surface area contributed by atoms with Crippen LogP contribution in [-0.4, -0.2) is 17.5 Å². The fraction of sp³-hybridized carbons (Fsp3) is 0.222. The summed E-state index contributed by atoms with van der Waals surface area (Å²) in [6, 6.07) is 5.28. The van der Waals surface area contributed by atoms with Crippen LogP contribution in [0.1, 0.15) is 17.3 Å². The fourth-order valence-corrected chi connectivity index (χ4v) is 0.934. The van der Waals surface area contributed by atoms with Crippen LogP contribution in [0, 0.1) is 10.1 Å². The first-order chi connectivity index (χ1) is 6.65. The first-order valence-corrected chi connectivity index (χ1v) is 4.06. The lowest BCUT2D eigenvalue weighted by Crippen LogP contribution is -2.04. The van der Waals surface area contributed by atoms with Gasteiger partial charge in [-0.3, -0.25) is 10.1 Å². The number of nitro groups is 1. The molecule has 0 spiro atoms. The van der Waals surface area contributed by atoms with Crippen molar-refractivity contribution in [1.29, 1.82) is 0 Å². The van der Waals surface area contributed by atoms with Crippen LogP contribution >= 0.6 is 12.4 Å². The molecule has 0 amide bonds. The Morgan fingerprint density at radius 3 is 2.33 bits per heavy atom. The second-order valence-corrected chi connectivity index (χ2v) is 2.52. The molecule has 0 saturated heterocycles. The summed E-state index contributed by atoms with van der Waals surface area (Å²) in [5.41, 5.74) is 0.274. The van der Waals surface area contributed by atoms with Crippen molar-refractivity contribution >= 4 is 24.1 Å². The van der Waals surface area contributed by atoms with Gasteiger partial charge in [0.1, 0.15) is 0 Å². The van der Waals surface area contributed by atoms with Gasteiger partial charge in [0.25, 0.3) is 5.69 Å². The summed E-state index contributed by atoms with van der Waals surface area (Å²) < 4.78 is 4.72. The number of rotatable bonds is 3. The van der Waals surface area contributed by atoms with Crippen LogP contribution in [0.5, 0.6) is 0 Å². The van der Waals surface area contributed by atoms with E-state index in [9.17, 15) is 14.9 Å². The highest BCUT2D eigenvalue weighted by molar-refractivity contribution is 5.89. The van der Waals surface area contributed by atoms with Crippen molar-refractivity contribution in [1.82, 2.24) is 0 Å². The Bertz CT molecular complexity index is 350. The molecule has 0 aliphatic rings. The Kier molecular flexibility index (Phi) is 5.33. The van der Waals surface area contributed by atoms with Crippen LogP contribution in [-0.2, 0) is 4.74 Å². The molecule has 82 valence electrons. The highest BCUT2D eigenvalue weighted by atomic mass is 35.5. The summed E-state index contributed by atoms with van der Waals surface area (Å²) in [4.78, 5) is 20.9. The molecule has 0 fully saturated rings. The largest absolute Gasteiger partial charge is 0.462 e. The van der Waals surface area contributed by atoms with Gasteiger partial charge >= 0.3 is 5.97 Å². The summed E-state index contributed by atoms with van der Waals surface area (Å²) >= 11 is 0. The molecule has 1 aromatic carbocycles. The van der Waals surface area contributed by atoms with Crippen LogP contribution in [0.2, 0.25) is 0 Å². The molecular formula is C9H10ClNO4. The van der Waals surface area contributed by atoms with Gasteiger partial charge in [-0.1, -0.05) is 0 Å². The van der Waals surface area contributed by atoms with E-state index < -0.39 is 10.9 Å². The molecule has 1 aromatic rings. The third-order valence-corrected chi connectivity index (χ3v) is 1.59. The van der Waals surface area contributed by atoms with E-state index in [-0.39, 0.29) is 24.7 Å². The van der Waals surface area contributed by atoms with Gasteiger partial charge in [0.05, 0.1) is 17.1 Å². The fourth-order valence-electron chi connectivity index (χ4n) is 0.934. The Labute approximate surface area is 92.6 Å². The van der Waals surface area contributed by atoms with Gasteiger partial charge in [0.2, 0.25) is 0 Å². The highest BCUT2D eigenvalue weighted by Crippen LogP contribution is 2.12. The van der Waals surface area contributed by atoms with Crippen molar-refractivity contribution in [3.05, 3.63) is 39.9 Å². The van der Waals surface area contributed by atoms with Crippen LogP contribution in [0.15, 0.2) is 24.3 Å². The van der Waals surface area contributed by atoms with E-state index in [1.54, 1.807) is 6.92 Å². The molecule has 0 N–H and O–H groups in total. The molecule has 0 saturated carbocycles. The van der Waals surface area contributed by atoms with Crippen molar-refractivity contribution in [3.8, 4) is 0 Å². The molecule has 1 rings (SSSR count). The molecule has 0 atom stereocenters. The Morgan fingerprint density at radius 2 is 1.93 bits per heavy atom. The van der Waals surface area contributed by atoms with Gasteiger partial charge in [-0.25, -0.2) is 4.79 Å². The standard InChI is InChI=1S/C9H9NO4.ClH/c1-2-14-9(11)7-3-5-8(6-4-7)10(12)13;/h3-6H,2H2,1H3;1H. The molecule has 0 bridgehead atoms. The summed E-state index contributed by atoms with van der Waals surface area (Å²) in [6.07, 6.45) is 0. The summed E-state index contributed by atoms with van der Waals surface area (Å²) in [5.74, 6) is -0.470. The third kappa shape index (κ3) is 3.55. The van der Waals surface area contributed by atoms with Crippen molar-refractivity contribution in [2.75, 3.05) is 6.61 Å². The van der Waals surface area contributed by atoms with E-state index in [2.05, 4.69) is 0 Å². The molecule has 0 aliphatic carbocycles. The van der Waals surface area contributed by atoms with E-state index >= 15 is 0 Å². The normalized spacial score (nSPS) is 8.87. The summed E-state index contributed by atoms with van der Waals surface area (Å²) in [6.45, 7) is 1.99. The number of halogens is 1. The lowest BCUT2D eigenvalue weighted by Gasteiger charge is -2.00. The smallest absolute Gasteiger partial charge is 0.338 e. The maximum atomic E-state index is 11.1. The van der Waals surface area contributed by atoms with E-state index in [1.165, 1.54) is 24.3 Å². The van der Waals surface area contributed by atoms with E-state index in [0.717, 1.165) is 0 Å². The lowest BCUT2D eigenvalue weighted by molar-refractivity contribution is -0.384. The van der Waals surface area contributed by atoms with Gasteiger partial charge < -0.3 is 4.74 Å². The van der Waals surface area contributed by atoms with Crippen LogP contribution in [0.4, 0.5) is 5.69 Å². The third-order valence-electron chi connectivity index (χ3n) is 1.59. The molecule has 0 heterocycles. The number of nitro benzene ring substituents is 1. The second kappa shape index (κ2) is 5.98. The van der Waals surface area contributed by atoms with Crippen LogP contribution < -0.4 is 0 Å². The maximum absolute atomic E-state index is 11.1. The Hall–Kier alpha value is -1.62. The predicted octanol–water partition coefficient (Wildman–Crippen LogP) is 2.19. The number of carbonyl (C=O) groups excluding carboxylic acids is 1. The van der Waals surface area contributed by atoms with Crippen LogP contribution in [0.25, 0.3) is 0 Å². The number of nitrogens with zero attached hydrogens (tertiary/aromatic N) is 1. The van der Waals surface area contributed by atoms with E-state index in [0.29, 0.717) is 5.56 Å². The number of ether oxygens (including phenoxy) is 1. The van der Waals surface area contributed by atoms with Crippen LogP contribution in [0.3, 0.4) is 0 Å². The number of hydrogen-bond acceptors (Lipinski definition) is 4. The maximum Gasteiger partial charge on any atom is 0.338 e. The van der Waals surface area contributed by atoms with Crippen molar-refractivity contribution in [2.24, 2.45) is 0 Å². The van der Waals surface area contributed by atoms with Crippen molar-refractivity contribution < 1.29 is 14.5 Å². The van der Waals surface area contributed by atoms with Gasteiger partial charge in [0.15, 0.2) is 0 Å². The average molecular weight is 232 g/mol. The topological polar surface area (TPSA) is 69.4 Å². The summed E-state index contributed by atoms with van der Waals surface area (Å²) in [7, 11) is 0. The number of esters is 1. The second-order valence-electron chi connectivity index (χ2n) is 2.52. The van der Waals surface area contributed by atoms with Gasteiger partial charge in [0, 0.05) is 12.1 Å². The Balaban J connectivity index is 0.00000196. The zero-order chi connectivity index (χ0) is 10.6. The van der Waals surface area contributed by atoms with Gasteiger partial charge in [-0.05, 0) is 19.1 Å². The molecular weight excluding hydrogens is 222 g/mol. The van der Waals surface area contributed by atoms with E-state index in [1.807, 2.05) is 0 Å². The first-order valence-electron chi connectivity index (χ1n) is 4.06. The quantitative estimate of drug-likeness (QED) is 0.454. The number of non-ortho nitro benzene ring substituents is 1. The average Bonchev–Trinajstić information content (AvgIpc) is 2.18. The zero-order valence-electron chi connectivity index (χ0n) is 8.00. The molecule has 0 aliphatic heterocycles. The molecule has 5 nitrogen and oxygen atoms in total. The summed E-state index contributed by atoms with van der Waals surface area (Å²) in [5, 5.41) is 10.3. The SMILES string of the molecule is CCOC(=O)c1ccc([N+](=O)[O-])cc1.Cl. The van der Waals surface area contributed by atoms with Crippen molar-refractivity contribution in [3.63, 3.8) is 0 Å². The van der Waals surface area contributed by atoms with Crippen molar-refractivity contribution in [2.45, 2.75) is 6.92 Å². The molecule has 6 heteroatoms. The number of hydrogen-bond donors (Lipinski definition) is 0. The van der Waals surface area contributed by atoms with Gasteiger partial charge in [-0.2, -0.15) is 0 Å². The molecule has 0 unspecified atom stereocenters. The minimum absolute atomic E-state index is 0. The highest BCUT2D eigenvalue weighted by Gasteiger charge is 2.09. The molecule has 0 aromatic heterocycles. The minimum Gasteiger partial charge on any atom is -0.462 e. The minimum atomic E-state index is -0.519. The molecule has 15 heavy (non-hydrogen) atoms. The zero-order valence-corrected chi connectivity index (χ0v) is 8.82. The first kappa shape index (κ1) is 13.4. The number of benzene rings is 1. The number of carbonyl (C=O) groups is 1. The predicted molar refractivity (Wildman–Crippen MR) is 56.3 cm³/mol. The van der Waals surface area contributed by atoms with Gasteiger partial charge in [-0.15, -0.1) is 12.4 Å². The lowest BCUT2D eigenvalue weighted by atomic mass is 10.2. The van der Waals surface area contributed by atoms with E-state index in [4.69, 9.17) is 4.74 Å².